The van der Waals surface area contributed by atoms with Crippen molar-refractivity contribution in [3.05, 3.63) is 106 Å². The van der Waals surface area contributed by atoms with E-state index in [0.29, 0.717) is 36.2 Å². The molecule has 0 spiro atoms. The van der Waals surface area contributed by atoms with Crippen molar-refractivity contribution in [1.82, 2.24) is 0 Å². The van der Waals surface area contributed by atoms with Crippen LogP contribution in [-0.2, 0) is 6.61 Å². The van der Waals surface area contributed by atoms with Gasteiger partial charge in [0, 0.05) is 11.5 Å². The molecule has 0 fully saturated rings. The average Bonchev–Trinajstić information content (AvgIpc) is 2.92. The summed E-state index contributed by atoms with van der Waals surface area (Å²) in [5.74, 6) is 4.29. The van der Waals surface area contributed by atoms with E-state index in [4.69, 9.17) is 9.16 Å². The molecule has 3 aromatic rings. The summed E-state index contributed by atoms with van der Waals surface area (Å²) in [6.45, 7) is 24.0. The zero-order chi connectivity index (χ0) is 30.4. The van der Waals surface area contributed by atoms with E-state index in [1.54, 1.807) is 5.56 Å². The van der Waals surface area contributed by atoms with Crippen LogP contribution in [0.2, 0.25) is 18.1 Å². The van der Waals surface area contributed by atoms with E-state index in [9.17, 15) is 0 Å². The van der Waals surface area contributed by atoms with Gasteiger partial charge < -0.3 is 9.16 Å². The lowest BCUT2D eigenvalue weighted by atomic mass is 9.58. The van der Waals surface area contributed by atoms with E-state index in [-0.39, 0.29) is 5.04 Å². The zero-order valence-electron chi connectivity index (χ0n) is 27.7. The molecule has 0 aliphatic heterocycles. The van der Waals surface area contributed by atoms with Gasteiger partial charge in [-0.2, -0.15) is 0 Å². The molecule has 0 amide bonds. The maximum atomic E-state index is 7.35. The van der Waals surface area contributed by atoms with Gasteiger partial charge in [-0.1, -0.05) is 107 Å². The highest BCUT2D eigenvalue weighted by atomic mass is 28.4. The molecular weight excluding hydrogens is 529 g/mol. The molecule has 2 nitrogen and oxygen atoms in total. The molecule has 5 atom stereocenters. The van der Waals surface area contributed by atoms with Crippen LogP contribution < -0.4 is 9.16 Å². The molecule has 42 heavy (non-hydrogen) atoms. The molecule has 0 N–H and O–H groups in total. The summed E-state index contributed by atoms with van der Waals surface area (Å²) >= 11 is 0. The molecule has 0 radical (unpaired) electrons. The number of hydrogen-bond acceptors (Lipinski definition) is 2. The van der Waals surface area contributed by atoms with Gasteiger partial charge in [-0.3, -0.25) is 0 Å². The number of allylic oxidation sites excluding steroid dienone is 2. The van der Waals surface area contributed by atoms with Gasteiger partial charge in [-0.25, -0.2) is 0 Å². The average molecular weight is 581 g/mol. The first-order chi connectivity index (χ1) is 19.8. The van der Waals surface area contributed by atoms with Crippen LogP contribution in [0.15, 0.2) is 72.3 Å². The van der Waals surface area contributed by atoms with Crippen LogP contribution in [0.1, 0.15) is 118 Å². The first-order valence-electron chi connectivity index (χ1n) is 16.1. The zero-order valence-corrected chi connectivity index (χ0v) is 28.7. The second-order valence-corrected chi connectivity index (χ2v) is 19.6. The fourth-order valence-electron chi connectivity index (χ4n) is 7.29. The van der Waals surface area contributed by atoms with Gasteiger partial charge in [0.15, 0.2) is 5.75 Å². The summed E-state index contributed by atoms with van der Waals surface area (Å²) in [5, 5.41) is 0.0812. The van der Waals surface area contributed by atoms with E-state index in [1.165, 1.54) is 46.2 Å². The lowest BCUT2D eigenvalue weighted by Crippen LogP contribution is -2.44. The third-order valence-electron chi connectivity index (χ3n) is 10.5. The molecule has 0 aromatic heterocycles. The van der Waals surface area contributed by atoms with E-state index in [1.807, 2.05) is 0 Å². The minimum atomic E-state index is -2.16. The fraction of sp³-hybridized carbons (Fsp3) is 0.487. The van der Waals surface area contributed by atoms with Crippen LogP contribution in [0.3, 0.4) is 0 Å². The summed E-state index contributed by atoms with van der Waals surface area (Å²) in [5.41, 5.74) is 9.81. The van der Waals surface area contributed by atoms with Gasteiger partial charge in [-0.05, 0) is 103 Å². The van der Waals surface area contributed by atoms with Crippen molar-refractivity contribution in [2.75, 3.05) is 0 Å². The maximum absolute atomic E-state index is 7.35. The Balaban J connectivity index is 1.80. The predicted octanol–water partition coefficient (Wildman–Crippen LogP) is 11.4. The summed E-state index contributed by atoms with van der Waals surface area (Å²) in [7, 11) is -2.16. The molecule has 0 saturated carbocycles. The Morgan fingerprint density at radius 1 is 0.833 bits per heavy atom. The minimum absolute atomic E-state index is 0.0812. The Morgan fingerprint density at radius 3 is 2.05 bits per heavy atom. The third-order valence-corrected chi connectivity index (χ3v) is 14.9. The van der Waals surface area contributed by atoms with Crippen molar-refractivity contribution in [2.45, 2.75) is 117 Å². The molecule has 1 unspecified atom stereocenters. The van der Waals surface area contributed by atoms with E-state index in [2.05, 4.69) is 135 Å². The van der Waals surface area contributed by atoms with Crippen molar-refractivity contribution >= 4 is 8.32 Å². The second kappa shape index (κ2) is 11.7. The molecule has 2 aliphatic carbocycles. The SMILES string of the molecule is CC(C)=C[C@@H]1C[C@H](C)[C@H]2CC(c3ccccc3)[C@H](C)c3c(OCc4ccccc4)c(O[Si](C)(C)C(C)(C)C)c(C)c1c32. The topological polar surface area (TPSA) is 18.5 Å². The fourth-order valence-corrected chi connectivity index (χ4v) is 8.36. The van der Waals surface area contributed by atoms with Crippen molar-refractivity contribution in [2.24, 2.45) is 5.92 Å². The molecule has 2 aliphatic rings. The van der Waals surface area contributed by atoms with Crippen LogP contribution >= 0.6 is 0 Å². The Labute approximate surface area is 256 Å². The molecule has 0 bridgehead atoms. The number of rotatable bonds is 7. The summed E-state index contributed by atoms with van der Waals surface area (Å²) in [6.07, 6.45) is 4.89. The quantitative estimate of drug-likeness (QED) is 0.204. The number of benzene rings is 3. The lowest BCUT2D eigenvalue weighted by Gasteiger charge is -2.47. The van der Waals surface area contributed by atoms with E-state index < -0.39 is 8.32 Å². The third kappa shape index (κ3) is 5.74. The lowest BCUT2D eigenvalue weighted by molar-refractivity contribution is 0.267. The highest BCUT2D eigenvalue weighted by Crippen LogP contribution is 2.62. The Kier molecular flexibility index (Phi) is 8.55. The Hall–Kier alpha value is -2.78. The van der Waals surface area contributed by atoms with Gasteiger partial charge >= 0.3 is 0 Å². The van der Waals surface area contributed by atoms with Crippen molar-refractivity contribution < 1.29 is 9.16 Å². The van der Waals surface area contributed by atoms with Gasteiger partial charge in [0.25, 0.3) is 8.32 Å². The van der Waals surface area contributed by atoms with Gasteiger partial charge in [0.05, 0.1) is 0 Å². The van der Waals surface area contributed by atoms with Crippen LogP contribution in [-0.4, -0.2) is 8.32 Å². The molecule has 5 rings (SSSR count). The van der Waals surface area contributed by atoms with Crippen LogP contribution in [0.5, 0.6) is 11.5 Å². The highest BCUT2D eigenvalue weighted by molar-refractivity contribution is 6.74. The number of hydrogen-bond donors (Lipinski definition) is 0. The summed E-state index contributed by atoms with van der Waals surface area (Å²) < 4.78 is 14.4. The molecular formula is C39H52O2Si. The summed E-state index contributed by atoms with van der Waals surface area (Å²) in [4.78, 5) is 0. The normalized spacial score (nSPS) is 23.6. The Bertz CT molecular complexity index is 1430. The molecule has 0 heterocycles. The minimum Gasteiger partial charge on any atom is -0.541 e. The van der Waals surface area contributed by atoms with Crippen molar-refractivity contribution in [3.63, 3.8) is 0 Å². The van der Waals surface area contributed by atoms with Crippen molar-refractivity contribution in [3.8, 4) is 11.5 Å². The van der Waals surface area contributed by atoms with E-state index >= 15 is 0 Å². The second-order valence-electron chi connectivity index (χ2n) is 14.9. The monoisotopic (exact) mass is 580 g/mol. The first kappa shape index (κ1) is 30.7. The predicted molar refractivity (Wildman–Crippen MR) is 181 cm³/mol. The first-order valence-corrected chi connectivity index (χ1v) is 19.0. The van der Waals surface area contributed by atoms with Crippen molar-refractivity contribution in [1.29, 1.82) is 0 Å². The van der Waals surface area contributed by atoms with Gasteiger partial charge in [0.1, 0.15) is 12.4 Å². The maximum Gasteiger partial charge on any atom is 0.250 e. The molecule has 0 saturated heterocycles. The number of ether oxygens (including phenoxy) is 1. The summed E-state index contributed by atoms with van der Waals surface area (Å²) in [6, 6.07) is 21.8. The highest BCUT2D eigenvalue weighted by Gasteiger charge is 2.47. The smallest absolute Gasteiger partial charge is 0.250 e. The van der Waals surface area contributed by atoms with Crippen LogP contribution in [0.25, 0.3) is 0 Å². The molecule has 3 heteroatoms. The van der Waals surface area contributed by atoms with Crippen LogP contribution in [0.4, 0.5) is 0 Å². The largest absolute Gasteiger partial charge is 0.541 e. The Morgan fingerprint density at radius 2 is 1.45 bits per heavy atom. The molecule has 224 valence electrons. The molecule has 3 aromatic carbocycles. The van der Waals surface area contributed by atoms with Gasteiger partial charge in [0.2, 0.25) is 0 Å². The van der Waals surface area contributed by atoms with Gasteiger partial charge in [-0.15, -0.1) is 0 Å². The van der Waals surface area contributed by atoms with Crippen LogP contribution in [0, 0.1) is 12.8 Å². The standard InChI is InChI=1S/C39H52O2Si/c1-25(2)21-31-22-26(3)32-23-33(30-19-15-12-16-20-30)27(4)35-36(32)34(31)28(5)37(41-42(9,10)39(6,7)8)38(35)40-24-29-17-13-11-14-18-29/h11-21,26-27,31-33H,22-24H2,1-10H3/t26-,27-,31+,32+,33?/m0/s1. The van der Waals surface area contributed by atoms with E-state index in [0.717, 1.165) is 11.5 Å².